The fourth-order valence-electron chi connectivity index (χ4n) is 3.12. The number of likely N-dealkylation sites (tertiary alicyclic amines) is 1. The van der Waals surface area contributed by atoms with Gasteiger partial charge in [0, 0.05) is 11.0 Å². The number of piperidine rings is 1. The summed E-state index contributed by atoms with van der Waals surface area (Å²) < 4.78 is 3.41. The maximum absolute atomic E-state index is 6.13. The molecule has 5 heteroatoms. The van der Waals surface area contributed by atoms with E-state index in [1.807, 2.05) is 6.07 Å². The van der Waals surface area contributed by atoms with Gasteiger partial charge in [-0.2, -0.15) is 0 Å². The van der Waals surface area contributed by atoms with Gasteiger partial charge in [0.1, 0.15) is 5.82 Å². The molecule has 0 aliphatic carbocycles. The topological polar surface area (TPSA) is 21.1 Å². The minimum Gasteiger partial charge on any atom is -0.326 e. The van der Waals surface area contributed by atoms with Crippen LogP contribution in [-0.2, 0) is 12.4 Å². The van der Waals surface area contributed by atoms with E-state index in [2.05, 4.69) is 56.5 Å². The van der Waals surface area contributed by atoms with Crippen LogP contribution in [0, 0.1) is 5.41 Å². The molecule has 0 atom stereocenters. The van der Waals surface area contributed by atoms with Gasteiger partial charge in [0.25, 0.3) is 0 Å². The number of rotatable bonds is 3. The van der Waals surface area contributed by atoms with E-state index in [-0.39, 0.29) is 0 Å². The minimum atomic E-state index is 0.323. The van der Waals surface area contributed by atoms with Crippen LogP contribution in [0.2, 0.25) is 0 Å². The predicted octanol–water partition coefficient (Wildman–Crippen LogP) is 4.27. The summed E-state index contributed by atoms with van der Waals surface area (Å²) in [4.78, 5) is 7.09. The molecule has 1 fully saturated rings. The number of alkyl halides is 1. The van der Waals surface area contributed by atoms with Crippen LogP contribution in [0.25, 0.3) is 11.0 Å². The summed E-state index contributed by atoms with van der Waals surface area (Å²) in [5.74, 6) is 1.44. The van der Waals surface area contributed by atoms with Crippen molar-refractivity contribution < 1.29 is 0 Å². The Hall–Kier alpha value is -0.580. The van der Waals surface area contributed by atoms with E-state index in [1.165, 1.54) is 31.4 Å². The zero-order valence-electron chi connectivity index (χ0n) is 12.6. The third-order valence-corrected chi connectivity index (χ3v) is 5.38. The second-order valence-corrected chi connectivity index (χ2v) is 7.68. The maximum Gasteiger partial charge on any atom is 0.124 e. The fraction of sp³-hybridized carbons (Fsp3) is 0.562. The SMILES string of the molecule is CN1CCC(C)(Cn2c(CCl)nc3ccc(Br)cc32)CC1. The van der Waals surface area contributed by atoms with Crippen molar-refractivity contribution in [1.29, 1.82) is 0 Å². The Morgan fingerprint density at radius 1 is 1.33 bits per heavy atom. The maximum atomic E-state index is 6.13. The van der Waals surface area contributed by atoms with E-state index in [1.54, 1.807) is 0 Å². The molecule has 0 amide bonds. The third kappa shape index (κ3) is 3.13. The summed E-state index contributed by atoms with van der Waals surface area (Å²) in [6.45, 7) is 5.73. The Labute approximate surface area is 139 Å². The van der Waals surface area contributed by atoms with Crippen LogP contribution in [0.1, 0.15) is 25.6 Å². The molecule has 0 unspecified atom stereocenters. The smallest absolute Gasteiger partial charge is 0.124 e. The molecule has 114 valence electrons. The van der Waals surface area contributed by atoms with E-state index in [9.17, 15) is 0 Å². The number of hydrogen-bond donors (Lipinski definition) is 0. The Balaban J connectivity index is 1.97. The van der Waals surface area contributed by atoms with Crippen LogP contribution in [0.4, 0.5) is 0 Å². The van der Waals surface area contributed by atoms with E-state index in [0.29, 0.717) is 11.3 Å². The highest BCUT2D eigenvalue weighted by Gasteiger charge is 2.30. The van der Waals surface area contributed by atoms with Crippen LogP contribution in [-0.4, -0.2) is 34.6 Å². The van der Waals surface area contributed by atoms with Gasteiger partial charge in [-0.15, -0.1) is 11.6 Å². The van der Waals surface area contributed by atoms with Crippen molar-refractivity contribution in [3.8, 4) is 0 Å². The number of aromatic nitrogens is 2. The molecule has 1 saturated heterocycles. The zero-order valence-corrected chi connectivity index (χ0v) is 14.9. The summed E-state index contributed by atoms with van der Waals surface area (Å²) in [5, 5.41) is 0. The third-order valence-electron chi connectivity index (χ3n) is 4.64. The Bertz CT molecular complexity index is 644. The standard InChI is InChI=1S/C16H21BrClN3/c1-16(5-7-20(2)8-6-16)11-21-14-9-12(17)3-4-13(14)19-15(21)10-18/h3-4,9H,5-8,10-11H2,1-2H3. The van der Waals surface area contributed by atoms with Crippen molar-refractivity contribution in [3.63, 3.8) is 0 Å². The monoisotopic (exact) mass is 369 g/mol. The highest BCUT2D eigenvalue weighted by Crippen LogP contribution is 2.34. The molecule has 1 aromatic carbocycles. The van der Waals surface area contributed by atoms with Gasteiger partial charge < -0.3 is 9.47 Å². The molecule has 0 saturated carbocycles. The van der Waals surface area contributed by atoms with Gasteiger partial charge in [0.15, 0.2) is 0 Å². The van der Waals surface area contributed by atoms with Gasteiger partial charge in [-0.1, -0.05) is 22.9 Å². The minimum absolute atomic E-state index is 0.323. The number of imidazole rings is 1. The Morgan fingerprint density at radius 3 is 2.71 bits per heavy atom. The molecule has 1 aliphatic rings. The Kier molecular flexibility index (Phi) is 4.30. The Morgan fingerprint density at radius 2 is 2.05 bits per heavy atom. The largest absolute Gasteiger partial charge is 0.326 e. The number of benzene rings is 1. The molecule has 0 spiro atoms. The van der Waals surface area contributed by atoms with Gasteiger partial charge in [-0.3, -0.25) is 0 Å². The first-order chi connectivity index (χ1) is 10.0. The lowest BCUT2D eigenvalue weighted by molar-refractivity contribution is 0.121. The van der Waals surface area contributed by atoms with Crippen LogP contribution < -0.4 is 0 Å². The number of halogens is 2. The molecule has 21 heavy (non-hydrogen) atoms. The molecular weight excluding hydrogens is 350 g/mol. The van der Waals surface area contributed by atoms with Crippen molar-refractivity contribution in [1.82, 2.24) is 14.5 Å². The molecule has 0 bridgehead atoms. The number of hydrogen-bond acceptors (Lipinski definition) is 2. The summed E-state index contributed by atoms with van der Waals surface area (Å²) in [5.41, 5.74) is 2.54. The van der Waals surface area contributed by atoms with Crippen LogP contribution in [0.15, 0.2) is 22.7 Å². The molecule has 0 N–H and O–H groups in total. The second-order valence-electron chi connectivity index (χ2n) is 6.49. The van der Waals surface area contributed by atoms with Gasteiger partial charge in [0.05, 0.1) is 16.9 Å². The summed E-state index contributed by atoms with van der Waals surface area (Å²) >= 11 is 9.69. The second kappa shape index (κ2) is 5.90. The lowest BCUT2D eigenvalue weighted by Crippen LogP contribution is -2.38. The first-order valence-electron chi connectivity index (χ1n) is 7.40. The number of fused-ring (bicyclic) bond motifs is 1. The van der Waals surface area contributed by atoms with E-state index >= 15 is 0 Å². The summed E-state index contributed by atoms with van der Waals surface area (Å²) in [6, 6.07) is 6.24. The first kappa shape index (κ1) is 15.3. The normalized spacial score (nSPS) is 19.2. The average Bonchev–Trinajstić information content (AvgIpc) is 2.80. The highest BCUT2D eigenvalue weighted by molar-refractivity contribution is 9.10. The fourth-order valence-corrected chi connectivity index (χ4v) is 3.68. The van der Waals surface area contributed by atoms with Gasteiger partial charge in [-0.05, 0) is 56.6 Å². The van der Waals surface area contributed by atoms with Crippen molar-refractivity contribution >= 4 is 38.6 Å². The van der Waals surface area contributed by atoms with Crippen molar-refractivity contribution in [2.24, 2.45) is 5.41 Å². The zero-order chi connectivity index (χ0) is 15.0. The van der Waals surface area contributed by atoms with Crippen molar-refractivity contribution in [3.05, 3.63) is 28.5 Å². The molecule has 1 aromatic heterocycles. The van der Waals surface area contributed by atoms with Gasteiger partial charge >= 0.3 is 0 Å². The molecule has 0 radical (unpaired) electrons. The molecule has 3 rings (SSSR count). The molecule has 1 aliphatic heterocycles. The highest BCUT2D eigenvalue weighted by atomic mass is 79.9. The van der Waals surface area contributed by atoms with Crippen LogP contribution in [0.5, 0.6) is 0 Å². The molecule has 2 aromatic rings. The lowest BCUT2D eigenvalue weighted by atomic mass is 9.80. The summed E-state index contributed by atoms with van der Waals surface area (Å²) in [7, 11) is 2.20. The molecule has 3 nitrogen and oxygen atoms in total. The van der Waals surface area contributed by atoms with Crippen molar-refractivity contribution in [2.45, 2.75) is 32.2 Å². The predicted molar refractivity (Wildman–Crippen MR) is 91.8 cm³/mol. The molecular formula is C16H21BrClN3. The lowest BCUT2D eigenvalue weighted by Gasteiger charge is -2.38. The quantitative estimate of drug-likeness (QED) is 0.752. The first-order valence-corrected chi connectivity index (χ1v) is 8.73. The van der Waals surface area contributed by atoms with Crippen LogP contribution in [0.3, 0.4) is 0 Å². The van der Waals surface area contributed by atoms with E-state index in [0.717, 1.165) is 22.4 Å². The van der Waals surface area contributed by atoms with E-state index in [4.69, 9.17) is 11.6 Å². The average molecular weight is 371 g/mol. The molecule has 2 heterocycles. The van der Waals surface area contributed by atoms with Gasteiger partial charge in [0.2, 0.25) is 0 Å². The van der Waals surface area contributed by atoms with E-state index < -0.39 is 0 Å². The van der Waals surface area contributed by atoms with Crippen molar-refractivity contribution in [2.75, 3.05) is 20.1 Å². The number of nitrogens with zero attached hydrogens (tertiary/aromatic N) is 3. The van der Waals surface area contributed by atoms with Gasteiger partial charge in [-0.25, -0.2) is 4.98 Å². The van der Waals surface area contributed by atoms with Crippen LogP contribution >= 0.6 is 27.5 Å². The summed E-state index contributed by atoms with van der Waals surface area (Å²) in [6.07, 6.45) is 2.44.